The highest BCUT2D eigenvalue weighted by Crippen LogP contribution is 2.42. The molecule has 0 saturated heterocycles. The molecule has 0 radical (unpaired) electrons. The largest absolute Gasteiger partial charge is 0.309 e. The van der Waals surface area contributed by atoms with Crippen molar-refractivity contribution in [2.24, 2.45) is 0 Å². The van der Waals surface area contributed by atoms with Gasteiger partial charge in [0.05, 0.1) is 33.1 Å². The lowest BCUT2D eigenvalue weighted by atomic mass is 10.00. The molecule has 0 fully saturated rings. The van der Waals surface area contributed by atoms with E-state index >= 15 is 0 Å². The molecule has 0 aliphatic rings. The van der Waals surface area contributed by atoms with E-state index in [1.54, 1.807) is 0 Å². The Bertz CT molecular complexity index is 4170. The van der Waals surface area contributed by atoms with Crippen LogP contribution in [-0.4, -0.2) is 21.8 Å². The van der Waals surface area contributed by atoms with Crippen LogP contribution < -0.4 is 20.7 Å². The first-order valence-electron chi connectivity index (χ1n) is 24.2. The highest BCUT2D eigenvalue weighted by molar-refractivity contribution is 7.19. The first-order valence-corrected chi connectivity index (χ1v) is 26.2. The minimum atomic E-state index is -2.69. The van der Waals surface area contributed by atoms with Gasteiger partial charge in [0.25, 0.3) is 0 Å². The van der Waals surface area contributed by atoms with Crippen molar-refractivity contribution in [3.8, 4) is 28.2 Å². The van der Waals surface area contributed by atoms with Gasteiger partial charge in [-0.05, 0) is 93.0 Å². The Kier molecular flexibility index (Phi) is 9.23. The van der Waals surface area contributed by atoms with Gasteiger partial charge in [-0.15, -0.1) is 0 Å². The van der Waals surface area contributed by atoms with Gasteiger partial charge in [-0.3, -0.25) is 0 Å². The Balaban J connectivity index is 0.948. The lowest BCUT2D eigenvalue weighted by molar-refractivity contribution is 1.16. The molecule has 11 aromatic carbocycles. The summed E-state index contributed by atoms with van der Waals surface area (Å²) in [7, 11) is -2.69. The summed E-state index contributed by atoms with van der Waals surface area (Å²) in [6, 6.07) is 101. The van der Waals surface area contributed by atoms with Gasteiger partial charge in [-0.25, -0.2) is 0 Å². The molecule has 0 aliphatic carbocycles. The number of benzene rings is 11. The number of aromatic nitrogens is 3. The maximum Gasteiger partial charge on any atom is 0.179 e. The van der Waals surface area contributed by atoms with E-state index in [0.717, 1.165) is 17.1 Å². The van der Waals surface area contributed by atoms with Gasteiger partial charge < -0.3 is 13.7 Å². The lowest BCUT2D eigenvalue weighted by Crippen LogP contribution is -2.74. The fourth-order valence-electron chi connectivity index (χ4n) is 11.8. The quantitative estimate of drug-likeness (QED) is 0.107. The molecule has 14 rings (SSSR count). The van der Waals surface area contributed by atoms with Gasteiger partial charge in [-0.2, -0.15) is 0 Å². The fourth-order valence-corrected chi connectivity index (χ4v) is 16.6. The van der Waals surface area contributed by atoms with Crippen molar-refractivity contribution >= 4 is 94.2 Å². The standard InChI is InChI=1S/C66H45N3Si/c1-5-20-47(21-6-1)69-63-35-18-14-29-56(63)59-32-19-31-54(66(59)69)46-36-43-64-60(44-46)57-30-15-17-34-62(57)68(64)49-39-42-58-55-28-13-16-33-61(55)67(65(58)45-49)48-37-40-53(41-38-48)70(50-22-7-2-8-23-50,51-24-9-3-10-25-51)52-26-11-4-12-27-52/h1-45H. The first-order chi connectivity index (χ1) is 34.8. The molecule has 0 bridgehead atoms. The van der Waals surface area contributed by atoms with E-state index < -0.39 is 8.07 Å². The van der Waals surface area contributed by atoms with E-state index in [9.17, 15) is 0 Å². The van der Waals surface area contributed by atoms with Crippen molar-refractivity contribution in [3.63, 3.8) is 0 Å². The summed E-state index contributed by atoms with van der Waals surface area (Å²) in [5.41, 5.74) is 13.0. The predicted octanol–water partition coefficient (Wildman–Crippen LogP) is 14.0. The molecule has 14 aromatic rings. The lowest BCUT2D eigenvalue weighted by Gasteiger charge is -2.34. The summed E-state index contributed by atoms with van der Waals surface area (Å²) >= 11 is 0. The maximum absolute atomic E-state index is 2.69. The summed E-state index contributed by atoms with van der Waals surface area (Å²) in [6.07, 6.45) is 0. The van der Waals surface area contributed by atoms with Gasteiger partial charge in [0.2, 0.25) is 0 Å². The van der Waals surface area contributed by atoms with Crippen molar-refractivity contribution in [2.75, 3.05) is 0 Å². The fraction of sp³-hybridized carbons (Fsp3) is 0. The minimum Gasteiger partial charge on any atom is -0.309 e. The third-order valence-electron chi connectivity index (χ3n) is 14.8. The van der Waals surface area contributed by atoms with Crippen LogP contribution >= 0.6 is 0 Å². The number of hydrogen-bond donors (Lipinski definition) is 0. The molecule has 0 aliphatic heterocycles. The Labute approximate surface area is 407 Å². The zero-order valence-electron chi connectivity index (χ0n) is 38.3. The van der Waals surface area contributed by atoms with E-state index in [2.05, 4.69) is 287 Å². The highest BCUT2D eigenvalue weighted by atomic mass is 28.3. The second-order valence-corrected chi connectivity index (χ2v) is 22.2. The third-order valence-corrected chi connectivity index (χ3v) is 19.6. The van der Waals surface area contributed by atoms with E-state index in [1.165, 1.54) is 97.3 Å². The average Bonchev–Trinajstić information content (AvgIpc) is 4.08. The van der Waals surface area contributed by atoms with Crippen LogP contribution in [0.2, 0.25) is 0 Å². The molecule has 0 spiro atoms. The monoisotopic (exact) mass is 907 g/mol. The van der Waals surface area contributed by atoms with Crippen molar-refractivity contribution in [1.82, 2.24) is 13.7 Å². The Morgan fingerprint density at radius 3 is 1.24 bits per heavy atom. The second kappa shape index (κ2) is 16.1. The molecule has 3 heterocycles. The molecular formula is C66H45N3Si. The summed E-state index contributed by atoms with van der Waals surface area (Å²) in [5.74, 6) is 0. The van der Waals surface area contributed by atoms with Gasteiger partial charge in [0.1, 0.15) is 0 Å². The van der Waals surface area contributed by atoms with Gasteiger partial charge in [0, 0.05) is 54.9 Å². The van der Waals surface area contributed by atoms with Crippen LogP contribution in [0.5, 0.6) is 0 Å². The predicted molar refractivity (Wildman–Crippen MR) is 299 cm³/mol. The molecule has 0 amide bonds. The summed E-state index contributed by atoms with van der Waals surface area (Å²) < 4.78 is 7.36. The van der Waals surface area contributed by atoms with Crippen molar-refractivity contribution in [3.05, 3.63) is 273 Å². The van der Waals surface area contributed by atoms with Crippen LogP contribution in [0.3, 0.4) is 0 Å². The Morgan fingerprint density at radius 2 is 0.643 bits per heavy atom. The topological polar surface area (TPSA) is 14.8 Å². The molecule has 328 valence electrons. The Hall–Kier alpha value is -8.96. The third kappa shape index (κ3) is 6.00. The SMILES string of the molecule is c1ccc(-n2c3ccccc3c3cccc(-c4ccc5c(c4)c4ccccc4n5-c4ccc5c6ccccc6n(-c6ccc([Si](c7ccccc7)(c7ccccc7)c7ccccc7)cc6)c5c4)c32)cc1. The van der Waals surface area contributed by atoms with Crippen molar-refractivity contribution in [2.45, 2.75) is 0 Å². The maximum atomic E-state index is 2.47. The van der Waals surface area contributed by atoms with E-state index in [1.807, 2.05) is 0 Å². The van der Waals surface area contributed by atoms with Crippen molar-refractivity contribution < 1.29 is 0 Å². The van der Waals surface area contributed by atoms with Crippen LogP contribution in [0.1, 0.15) is 0 Å². The molecule has 0 N–H and O–H groups in total. The minimum absolute atomic E-state index is 1.13. The van der Waals surface area contributed by atoms with Crippen LogP contribution in [0.15, 0.2) is 273 Å². The normalized spacial score (nSPS) is 12.0. The van der Waals surface area contributed by atoms with E-state index in [4.69, 9.17) is 0 Å². The van der Waals surface area contributed by atoms with Crippen LogP contribution in [0.4, 0.5) is 0 Å². The second-order valence-electron chi connectivity index (χ2n) is 18.4. The summed E-state index contributed by atoms with van der Waals surface area (Å²) in [4.78, 5) is 0. The molecule has 0 saturated carbocycles. The number of para-hydroxylation sites is 5. The molecule has 3 nitrogen and oxygen atoms in total. The smallest absolute Gasteiger partial charge is 0.179 e. The van der Waals surface area contributed by atoms with Crippen molar-refractivity contribution in [1.29, 1.82) is 0 Å². The van der Waals surface area contributed by atoms with Crippen LogP contribution in [-0.2, 0) is 0 Å². The zero-order chi connectivity index (χ0) is 46.2. The Morgan fingerprint density at radius 1 is 0.229 bits per heavy atom. The summed E-state index contributed by atoms with van der Waals surface area (Å²) in [5, 5.41) is 12.9. The molecular weight excluding hydrogens is 863 g/mol. The van der Waals surface area contributed by atoms with Crippen LogP contribution in [0, 0.1) is 0 Å². The average molecular weight is 908 g/mol. The van der Waals surface area contributed by atoms with E-state index in [0.29, 0.717) is 0 Å². The number of nitrogens with zero attached hydrogens (tertiary/aromatic N) is 3. The van der Waals surface area contributed by atoms with Crippen LogP contribution in [0.25, 0.3) is 93.6 Å². The highest BCUT2D eigenvalue weighted by Gasteiger charge is 2.41. The molecule has 0 atom stereocenters. The number of hydrogen-bond acceptors (Lipinski definition) is 0. The number of fused-ring (bicyclic) bond motifs is 9. The first kappa shape index (κ1) is 40.1. The zero-order valence-corrected chi connectivity index (χ0v) is 39.3. The molecule has 3 aromatic heterocycles. The number of rotatable bonds is 8. The van der Waals surface area contributed by atoms with Gasteiger partial charge >= 0.3 is 0 Å². The molecule has 70 heavy (non-hydrogen) atoms. The van der Waals surface area contributed by atoms with E-state index in [-0.39, 0.29) is 0 Å². The van der Waals surface area contributed by atoms with Gasteiger partial charge in [0.15, 0.2) is 8.07 Å². The molecule has 4 heteroatoms. The van der Waals surface area contributed by atoms with Gasteiger partial charge in [-0.1, -0.05) is 206 Å². The summed E-state index contributed by atoms with van der Waals surface area (Å²) in [6.45, 7) is 0. The molecule has 0 unspecified atom stereocenters.